The summed E-state index contributed by atoms with van der Waals surface area (Å²) in [5.74, 6) is 1.52. The Hall–Kier alpha value is -0.710. The molecule has 2 heterocycles. The average molecular weight is 213 g/mol. The average Bonchev–Trinajstić information content (AvgIpc) is 2.36. The molecule has 0 aliphatic carbocycles. The highest BCUT2D eigenvalue weighted by molar-refractivity contribution is 8.00. The van der Waals surface area contributed by atoms with Gasteiger partial charge in [-0.15, -0.1) is 0 Å². The smallest absolute Gasteiger partial charge is 0.314 e. The van der Waals surface area contributed by atoms with Crippen LogP contribution in [0.4, 0.5) is 4.79 Å². The molecular formula is C9H15N3OS. The zero-order valence-corrected chi connectivity index (χ0v) is 9.28. The lowest BCUT2D eigenvalue weighted by Crippen LogP contribution is -2.56. The summed E-state index contributed by atoms with van der Waals surface area (Å²) in [6.07, 6.45) is 1.99. The van der Waals surface area contributed by atoms with E-state index in [4.69, 9.17) is 5.41 Å². The fraction of sp³-hybridized carbons (Fsp3) is 0.778. The Balaban J connectivity index is 2.36. The van der Waals surface area contributed by atoms with Crippen molar-refractivity contribution in [2.24, 2.45) is 0 Å². The molecular weight excluding hydrogens is 198 g/mol. The quantitative estimate of drug-likeness (QED) is 0.636. The monoisotopic (exact) mass is 213 g/mol. The van der Waals surface area contributed by atoms with Gasteiger partial charge in [0.1, 0.15) is 11.4 Å². The van der Waals surface area contributed by atoms with Crippen LogP contribution in [0.25, 0.3) is 0 Å². The predicted molar refractivity (Wildman–Crippen MR) is 57.9 cm³/mol. The van der Waals surface area contributed by atoms with Crippen molar-refractivity contribution in [3.63, 3.8) is 0 Å². The summed E-state index contributed by atoms with van der Waals surface area (Å²) in [6, 6.07) is -0.135. The Morgan fingerprint density at radius 1 is 1.71 bits per heavy atom. The molecule has 2 N–H and O–H groups in total. The van der Waals surface area contributed by atoms with Crippen molar-refractivity contribution in [1.82, 2.24) is 10.2 Å². The van der Waals surface area contributed by atoms with Gasteiger partial charge in [-0.1, -0.05) is 6.92 Å². The predicted octanol–water partition coefficient (Wildman–Crippen LogP) is 1.27. The van der Waals surface area contributed by atoms with Crippen LogP contribution in [0.5, 0.6) is 0 Å². The van der Waals surface area contributed by atoms with Crippen LogP contribution < -0.4 is 5.32 Å². The molecule has 0 radical (unpaired) electrons. The molecule has 1 spiro atoms. The molecule has 14 heavy (non-hydrogen) atoms. The highest BCUT2D eigenvalue weighted by Crippen LogP contribution is 2.40. The van der Waals surface area contributed by atoms with Gasteiger partial charge in [-0.2, -0.15) is 11.8 Å². The van der Waals surface area contributed by atoms with Gasteiger partial charge in [0.25, 0.3) is 0 Å². The van der Waals surface area contributed by atoms with E-state index in [-0.39, 0.29) is 11.6 Å². The van der Waals surface area contributed by atoms with Gasteiger partial charge < -0.3 is 4.90 Å². The van der Waals surface area contributed by atoms with Gasteiger partial charge in [-0.25, -0.2) is 4.79 Å². The number of amides is 2. The van der Waals surface area contributed by atoms with Crippen LogP contribution in [0.1, 0.15) is 19.8 Å². The number of rotatable bonds is 0. The van der Waals surface area contributed by atoms with Crippen molar-refractivity contribution in [2.75, 3.05) is 12.8 Å². The van der Waals surface area contributed by atoms with E-state index in [2.05, 4.69) is 12.2 Å². The first-order chi connectivity index (χ1) is 6.59. The standard InChI is InChI=1S/C9H15N3OS/c1-6-9(4-3-5-14-6)7(10)11-8(13)12(9)2/h6H,3-5H2,1-2H3,(H2,10,11,13). The molecule has 2 saturated heterocycles. The molecule has 2 fully saturated rings. The molecule has 2 rings (SSSR count). The third kappa shape index (κ3) is 1.08. The summed E-state index contributed by atoms with van der Waals surface area (Å²) in [5.41, 5.74) is -0.361. The SMILES string of the molecule is CC1SCCCC12C(=N)NC(=O)N2C. The molecule has 0 aromatic carbocycles. The van der Waals surface area contributed by atoms with E-state index in [1.807, 2.05) is 11.8 Å². The zero-order valence-electron chi connectivity index (χ0n) is 8.46. The molecule has 2 unspecified atom stereocenters. The Morgan fingerprint density at radius 3 is 2.93 bits per heavy atom. The molecule has 2 aliphatic heterocycles. The van der Waals surface area contributed by atoms with Crippen LogP contribution in [0.3, 0.4) is 0 Å². The fourth-order valence-corrected chi connectivity index (χ4v) is 3.69. The van der Waals surface area contributed by atoms with E-state index in [0.717, 1.165) is 18.6 Å². The number of thioether (sulfide) groups is 1. The Labute approximate surface area is 87.9 Å². The van der Waals surface area contributed by atoms with Crippen LogP contribution in [-0.4, -0.2) is 40.4 Å². The minimum Gasteiger partial charge on any atom is -0.314 e. The number of carbonyl (C=O) groups is 1. The highest BCUT2D eigenvalue weighted by atomic mass is 32.2. The summed E-state index contributed by atoms with van der Waals surface area (Å²) in [7, 11) is 1.79. The maximum Gasteiger partial charge on any atom is 0.323 e. The summed E-state index contributed by atoms with van der Waals surface area (Å²) in [5, 5.41) is 10.8. The van der Waals surface area contributed by atoms with Crippen molar-refractivity contribution < 1.29 is 4.79 Å². The topological polar surface area (TPSA) is 56.2 Å². The van der Waals surface area contributed by atoms with Gasteiger partial charge in [-0.3, -0.25) is 10.7 Å². The van der Waals surface area contributed by atoms with Crippen molar-refractivity contribution in [3.8, 4) is 0 Å². The fourth-order valence-electron chi connectivity index (χ4n) is 2.36. The molecule has 4 nitrogen and oxygen atoms in total. The third-order valence-corrected chi connectivity index (χ3v) is 4.72. The minimum absolute atomic E-state index is 0.135. The summed E-state index contributed by atoms with van der Waals surface area (Å²) >= 11 is 1.85. The van der Waals surface area contributed by atoms with E-state index in [0.29, 0.717) is 11.1 Å². The molecule has 2 atom stereocenters. The van der Waals surface area contributed by atoms with Crippen molar-refractivity contribution in [1.29, 1.82) is 5.41 Å². The lowest BCUT2D eigenvalue weighted by molar-refractivity contribution is 0.185. The van der Waals surface area contributed by atoms with Gasteiger partial charge in [0, 0.05) is 12.3 Å². The number of likely N-dealkylation sites (N-methyl/N-ethyl adjacent to an activating group) is 1. The summed E-state index contributed by atoms with van der Waals surface area (Å²) in [6.45, 7) is 2.11. The summed E-state index contributed by atoms with van der Waals surface area (Å²) in [4.78, 5) is 13.2. The van der Waals surface area contributed by atoms with E-state index >= 15 is 0 Å². The number of nitrogens with zero attached hydrogens (tertiary/aromatic N) is 1. The first-order valence-electron chi connectivity index (χ1n) is 4.84. The Morgan fingerprint density at radius 2 is 2.43 bits per heavy atom. The molecule has 78 valence electrons. The van der Waals surface area contributed by atoms with E-state index in [9.17, 15) is 4.79 Å². The van der Waals surface area contributed by atoms with Crippen LogP contribution in [0.15, 0.2) is 0 Å². The molecule has 0 bridgehead atoms. The third-order valence-electron chi connectivity index (χ3n) is 3.31. The molecule has 2 aliphatic rings. The largest absolute Gasteiger partial charge is 0.323 e. The van der Waals surface area contributed by atoms with E-state index in [1.165, 1.54) is 0 Å². The molecule has 2 amide bonds. The Bertz CT molecular complexity index is 294. The zero-order chi connectivity index (χ0) is 10.3. The van der Waals surface area contributed by atoms with E-state index < -0.39 is 0 Å². The van der Waals surface area contributed by atoms with Crippen molar-refractivity contribution >= 4 is 23.6 Å². The Kier molecular flexibility index (Phi) is 2.21. The first-order valence-corrected chi connectivity index (χ1v) is 5.89. The number of carbonyl (C=O) groups excluding carboxylic acids is 1. The second-order valence-corrected chi connectivity index (χ2v) is 5.35. The van der Waals surface area contributed by atoms with Crippen LogP contribution in [0.2, 0.25) is 0 Å². The van der Waals surface area contributed by atoms with Crippen LogP contribution in [-0.2, 0) is 0 Å². The van der Waals surface area contributed by atoms with Crippen LogP contribution in [0, 0.1) is 5.41 Å². The maximum absolute atomic E-state index is 11.5. The number of amidine groups is 1. The molecule has 0 aromatic heterocycles. The second kappa shape index (κ2) is 3.15. The first kappa shape index (κ1) is 9.83. The molecule has 5 heteroatoms. The number of urea groups is 1. The van der Waals surface area contributed by atoms with Gasteiger partial charge >= 0.3 is 6.03 Å². The highest BCUT2D eigenvalue weighted by Gasteiger charge is 2.52. The molecule has 0 saturated carbocycles. The summed E-state index contributed by atoms with van der Waals surface area (Å²) < 4.78 is 0. The molecule has 0 aromatic rings. The van der Waals surface area contributed by atoms with Gasteiger partial charge in [0.05, 0.1) is 0 Å². The van der Waals surface area contributed by atoms with Gasteiger partial charge in [0.15, 0.2) is 0 Å². The van der Waals surface area contributed by atoms with Crippen molar-refractivity contribution in [3.05, 3.63) is 0 Å². The van der Waals surface area contributed by atoms with Gasteiger partial charge in [-0.05, 0) is 18.6 Å². The lowest BCUT2D eigenvalue weighted by atomic mass is 9.88. The second-order valence-electron chi connectivity index (χ2n) is 3.90. The van der Waals surface area contributed by atoms with E-state index in [1.54, 1.807) is 11.9 Å². The van der Waals surface area contributed by atoms with Gasteiger partial charge in [0.2, 0.25) is 0 Å². The minimum atomic E-state index is -0.361. The number of nitrogens with one attached hydrogen (secondary N) is 2. The normalized spacial score (nSPS) is 37.9. The number of hydrogen-bond acceptors (Lipinski definition) is 3. The number of hydrogen-bond donors (Lipinski definition) is 2. The van der Waals surface area contributed by atoms with Crippen molar-refractivity contribution in [2.45, 2.75) is 30.6 Å². The maximum atomic E-state index is 11.5. The van der Waals surface area contributed by atoms with Crippen LogP contribution >= 0.6 is 11.8 Å². The lowest BCUT2D eigenvalue weighted by Gasteiger charge is -2.42.